The summed E-state index contributed by atoms with van der Waals surface area (Å²) in [5, 5.41) is 16.5. The van der Waals surface area contributed by atoms with Crippen LogP contribution in [-0.2, 0) is 0 Å². The second-order valence-corrected chi connectivity index (χ2v) is 3.10. The van der Waals surface area contributed by atoms with Gasteiger partial charge in [-0.1, -0.05) is 48.0 Å². The quantitative estimate of drug-likeness (QED) is 0.722. The second-order valence-electron chi connectivity index (χ2n) is 3.10. The van der Waals surface area contributed by atoms with Crippen molar-refractivity contribution >= 4 is 0 Å². The van der Waals surface area contributed by atoms with Crippen LogP contribution in [0.15, 0.2) is 0 Å². The van der Waals surface area contributed by atoms with Crippen LogP contribution < -0.4 is 0 Å². The Morgan fingerprint density at radius 2 is 1.69 bits per heavy atom. The van der Waals surface area contributed by atoms with Gasteiger partial charge in [0.1, 0.15) is 0 Å². The Hall–Kier alpha value is -0.0800. The standard InChI is InChI=1S/C5H10.C4H10O2.2CH4/c1-2-5-3-4-5;1-2-4(6)3-5;;/h5H,2-4H2,1H3;4-6H,2-3H2,1H3;2*1H4. The zero-order valence-electron chi connectivity index (χ0n) is 7.58. The molecule has 0 heterocycles. The molecule has 1 atom stereocenters. The fraction of sp³-hybridized carbons (Fsp3) is 1.00. The van der Waals surface area contributed by atoms with Crippen molar-refractivity contribution < 1.29 is 10.2 Å². The predicted octanol–water partition coefficient (Wildman–Crippen LogP) is 2.83. The molecule has 0 radical (unpaired) electrons. The van der Waals surface area contributed by atoms with Gasteiger partial charge in [0, 0.05) is 0 Å². The minimum Gasteiger partial charge on any atom is -0.394 e. The van der Waals surface area contributed by atoms with Crippen molar-refractivity contribution in [3.63, 3.8) is 0 Å². The third-order valence-electron chi connectivity index (χ3n) is 1.96. The van der Waals surface area contributed by atoms with Crippen LogP contribution >= 0.6 is 0 Å². The molecule has 0 aromatic heterocycles. The van der Waals surface area contributed by atoms with Crippen LogP contribution in [0.5, 0.6) is 0 Å². The lowest BCUT2D eigenvalue weighted by molar-refractivity contribution is 0.0923. The molecule has 0 spiro atoms. The van der Waals surface area contributed by atoms with Crippen LogP contribution in [0.1, 0.15) is 54.4 Å². The van der Waals surface area contributed by atoms with Crippen LogP contribution in [0.4, 0.5) is 0 Å². The Labute approximate surface area is 84.0 Å². The van der Waals surface area contributed by atoms with E-state index in [4.69, 9.17) is 10.2 Å². The van der Waals surface area contributed by atoms with E-state index in [0.717, 1.165) is 5.92 Å². The van der Waals surface area contributed by atoms with E-state index in [1.807, 2.05) is 6.92 Å². The number of hydrogen-bond acceptors (Lipinski definition) is 2. The Kier molecular flexibility index (Phi) is 17.1. The van der Waals surface area contributed by atoms with Gasteiger partial charge in [0.25, 0.3) is 0 Å². The van der Waals surface area contributed by atoms with Crippen molar-refractivity contribution in [1.82, 2.24) is 0 Å². The predicted molar refractivity (Wildman–Crippen MR) is 59.9 cm³/mol. The van der Waals surface area contributed by atoms with Crippen LogP contribution in [0.3, 0.4) is 0 Å². The zero-order valence-corrected chi connectivity index (χ0v) is 7.58. The summed E-state index contributed by atoms with van der Waals surface area (Å²) in [6, 6.07) is 0. The van der Waals surface area contributed by atoms with Crippen LogP contribution in [0, 0.1) is 5.92 Å². The maximum atomic E-state index is 8.42. The molecule has 0 aliphatic heterocycles. The lowest BCUT2D eigenvalue weighted by Gasteiger charge is -1.97. The van der Waals surface area contributed by atoms with Gasteiger partial charge in [-0.25, -0.2) is 0 Å². The Morgan fingerprint density at radius 3 is 1.69 bits per heavy atom. The topological polar surface area (TPSA) is 40.5 Å². The van der Waals surface area contributed by atoms with E-state index in [1.54, 1.807) is 0 Å². The molecular weight excluding hydrogens is 164 g/mol. The van der Waals surface area contributed by atoms with Crippen LogP contribution in [0.2, 0.25) is 0 Å². The molecule has 84 valence electrons. The van der Waals surface area contributed by atoms with E-state index in [1.165, 1.54) is 19.3 Å². The number of rotatable bonds is 3. The summed E-state index contributed by atoms with van der Waals surface area (Å²) in [5.74, 6) is 1.13. The molecule has 2 heteroatoms. The maximum Gasteiger partial charge on any atom is 0.0768 e. The molecule has 0 aromatic carbocycles. The Bertz CT molecular complexity index is 76.2. The van der Waals surface area contributed by atoms with Gasteiger partial charge in [-0.05, 0) is 12.3 Å². The largest absolute Gasteiger partial charge is 0.394 e. The average Bonchev–Trinajstić information content (AvgIpc) is 2.86. The molecule has 0 saturated heterocycles. The van der Waals surface area contributed by atoms with Crippen LogP contribution in [-0.4, -0.2) is 22.9 Å². The summed E-state index contributed by atoms with van der Waals surface area (Å²) < 4.78 is 0. The molecule has 1 aliphatic rings. The van der Waals surface area contributed by atoms with E-state index in [0.29, 0.717) is 6.42 Å². The van der Waals surface area contributed by atoms with Crippen molar-refractivity contribution in [3.8, 4) is 0 Å². The highest BCUT2D eigenvalue weighted by atomic mass is 16.3. The van der Waals surface area contributed by atoms with Crippen molar-refractivity contribution in [2.75, 3.05) is 6.61 Å². The average molecular weight is 192 g/mol. The van der Waals surface area contributed by atoms with Gasteiger partial charge in [0.05, 0.1) is 12.7 Å². The summed E-state index contributed by atoms with van der Waals surface area (Å²) in [6.45, 7) is 3.97. The lowest BCUT2D eigenvalue weighted by atomic mass is 10.3. The highest BCUT2D eigenvalue weighted by Crippen LogP contribution is 2.31. The molecule has 1 saturated carbocycles. The zero-order chi connectivity index (χ0) is 8.69. The first-order valence-corrected chi connectivity index (χ1v) is 4.53. The molecule has 0 aromatic rings. The molecule has 1 unspecified atom stereocenters. The Morgan fingerprint density at radius 1 is 1.23 bits per heavy atom. The van der Waals surface area contributed by atoms with Gasteiger partial charge < -0.3 is 10.2 Å². The minimum atomic E-state index is -0.509. The van der Waals surface area contributed by atoms with Crippen molar-refractivity contribution in [2.24, 2.45) is 5.92 Å². The highest BCUT2D eigenvalue weighted by Gasteiger charge is 2.17. The third-order valence-corrected chi connectivity index (χ3v) is 1.96. The fourth-order valence-electron chi connectivity index (χ4n) is 0.655. The molecule has 1 aliphatic carbocycles. The summed E-state index contributed by atoms with van der Waals surface area (Å²) in [6.07, 6.45) is 4.56. The fourth-order valence-corrected chi connectivity index (χ4v) is 0.655. The van der Waals surface area contributed by atoms with E-state index in [-0.39, 0.29) is 21.5 Å². The van der Waals surface area contributed by atoms with Gasteiger partial charge in [0.15, 0.2) is 0 Å². The molecule has 1 fully saturated rings. The number of aliphatic hydroxyl groups excluding tert-OH is 2. The highest BCUT2D eigenvalue weighted by molar-refractivity contribution is 4.69. The maximum absolute atomic E-state index is 8.42. The molecule has 2 nitrogen and oxygen atoms in total. The first kappa shape index (κ1) is 18.7. The van der Waals surface area contributed by atoms with E-state index < -0.39 is 6.10 Å². The van der Waals surface area contributed by atoms with Crippen molar-refractivity contribution in [2.45, 2.75) is 60.5 Å². The summed E-state index contributed by atoms with van der Waals surface area (Å²) in [7, 11) is 0. The van der Waals surface area contributed by atoms with Gasteiger partial charge >= 0.3 is 0 Å². The lowest BCUT2D eigenvalue weighted by Crippen LogP contribution is -2.08. The summed E-state index contributed by atoms with van der Waals surface area (Å²) in [4.78, 5) is 0. The number of aliphatic hydroxyl groups is 2. The number of hydrogen-bond donors (Lipinski definition) is 2. The van der Waals surface area contributed by atoms with Crippen LogP contribution in [0.25, 0.3) is 0 Å². The van der Waals surface area contributed by atoms with Gasteiger partial charge in [-0.15, -0.1) is 0 Å². The smallest absolute Gasteiger partial charge is 0.0768 e. The second kappa shape index (κ2) is 11.9. The third kappa shape index (κ3) is 14.7. The molecule has 0 bridgehead atoms. The van der Waals surface area contributed by atoms with Gasteiger partial charge in [0.2, 0.25) is 0 Å². The molecule has 1 rings (SSSR count). The first-order chi connectivity index (χ1) is 5.24. The van der Waals surface area contributed by atoms with Crippen molar-refractivity contribution in [1.29, 1.82) is 0 Å². The van der Waals surface area contributed by atoms with E-state index in [2.05, 4.69) is 6.92 Å². The molecule has 0 amide bonds. The van der Waals surface area contributed by atoms with E-state index >= 15 is 0 Å². The SMILES string of the molecule is C.C.CCC(O)CO.CCC1CC1. The summed E-state index contributed by atoms with van der Waals surface area (Å²) in [5.41, 5.74) is 0. The monoisotopic (exact) mass is 192 g/mol. The van der Waals surface area contributed by atoms with Gasteiger partial charge in [-0.2, -0.15) is 0 Å². The molecule has 2 N–H and O–H groups in total. The minimum absolute atomic E-state index is 0. The van der Waals surface area contributed by atoms with E-state index in [9.17, 15) is 0 Å². The van der Waals surface area contributed by atoms with Crippen molar-refractivity contribution in [3.05, 3.63) is 0 Å². The first-order valence-electron chi connectivity index (χ1n) is 4.53. The normalized spacial score (nSPS) is 15.7. The summed E-state index contributed by atoms with van der Waals surface area (Å²) >= 11 is 0. The molecular formula is C11H28O2. The van der Waals surface area contributed by atoms with Gasteiger partial charge in [-0.3, -0.25) is 0 Å². The Balaban J connectivity index is -0.000000134. The molecule has 13 heavy (non-hydrogen) atoms.